The van der Waals surface area contributed by atoms with Gasteiger partial charge in [0, 0.05) is 29.0 Å². The quantitative estimate of drug-likeness (QED) is 0.400. The van der Waals surface area contributed by atoms with Crippen LogP contribution in [0.25, 0.3) is 38.3 Å². The van der Waals surface area contributed by atoms with E-state index in [1.807, 2.05) is 18.2 Å². The van der Waals surface area contributed by atoms with Crippen LogP contribution in [0.4, 0.5) is 0 Å². The van der Waals surface area contributed by atoms with E-state index < -0.39 is 0 Å². The topological polar surface area (TPSA) is 23.4 Å². The SMILES string of the molecule is COc1cc(OC)cc(-n2c3ccccc3c3c4ccccc4ccc32)c1. The van der Waals surface area contributed by atoms with Crippen molar-refractivity contribution in [3.05, 3.63) is 78.9 Å². The number of benzene rings is 4. The monoisotopic (exact) mass is 353 g/mol. The van der Waals surface area contributed by atoms with E-state index in [0.717, 1.165) is 17.2 Å². The molecule has 0 unspecified atom stereocenters. The molecule has 0 aliphatic carbocycles. The molecule has 0 fully saturated rings. The highest BCUT2D eigenvalue weighted by Crippen LogP contribution is 2.38. The number of fused-ring (bicyclic) bond motifs is 5. The number of nitrogens with zero attached hydrogens (tertiary/aromatic N) is 1. The smallest absolute Gasteiger partial charge is 0.124 e. The van der Waals surface area contributed by atoms with Crippen LogP contribution < -0.4 is 9.47 Å². The Bertz CT molecular complexity index is 1280. The fraction of sp³-hybridized carbons (Fsp3) is 0.0833. The van der Waals surface area contributed by atoms with E-state index in [0.29, 0.717) is 0 Å². The van der Waals surface area contributed by atoms with Crippen molar-refractivity contribution in [1.82, 2.24) is 4.57 Å². The number of para-hydroxylation sites is 1. The molecule has 0 spiro atoms. The summed E-state index contributed by atoms with van der Waals surface area (Å²) in [5, 5.41) is 5.02. The highest BCUT2D eigenvalue weighted by Gasteiger charge is 2.15. The van der Waals surface area contributed by atoms with Crippen molar-refractivity contribution in [1.29, 1.82) is 0 Å². The molecule has 0 amide bonds. The lowest BCUT2D eigenvalue weighted by molar-refractivity contribution is 0.394. The summed E-state index contributed by atoms with van der Waals surface area (Å²) in [6.07, 6.45) is 0. The largest absolute Gasteiger partial charge is 0.497 e. The van der Waals surface area contributed by atoms with Crippen LogP contribution in [0.1, 0.15) is 0 Å². The van der Waals surface area contributed by atoms with Crippen molar-refractivity contribution < 1.29 is 9.47 Å². The molecule has 0 aliphatic heterocycles. The van der Waals surface area contributed by atoms with Gasteiger partial charge in [0.15, 0.2) is 0 Å². The Morgan fingerprint density at radius 3 is 2.04 bits per heavy atom. The predicted octanol–water partition coefficient (Wildman–Crippen LogP) is 5.95. The third-order valence-corrected chi connectivity index (χ3v) is 5.16. The van der Waals surface area contributed by atoms with Gasteiger partial charge in [0.25, 0.3) is 0 Å². The van der Waals surface area contributed by atoms with Crippen molar-refractivity contribution >= 4 is 32.6 Å². The highest BCUT2D eigenvalue weighted by atomic mass is 16.5. The normalized spacial score (nSPS) is 11.3. The molecule has 0 N–H and O–H groups in total. The maximum Gasteiger partial charge on any atom is 0.124 e. The second kappa shape index (κ2) is 6.06. The van der Waals surface area contributed by atoms with Gasteiger partial charge in [-0.05, 0) is 22.9 Å². The second-order valence-corrected chi connectivity index (χ2v) is 6.60. The van der Waals surface area contributed by atoms with Gasteiger partial charge in [-0.25, -0.2) is 0 Å². The van der Waals surface area contributed by atoms with Crippen LogP contribution >= 0.6 is 0 Å². The maximum atomic E-state index is 5.50. The Labute approximate surface area is 157 Å². The van der Waals surface area contributed by atoms with E-state index in [9.17, 15) is 0 Å². The van der Waals surface area contributed by atoms with Crippen molar-refractivity contribution in [3.8, 4) is 17.2 Å². The predicted molar refractivity (Wildman–Crippen MR) is 111 cm³/mol. The van der Waals surface area contributed by atoms with Crippen LogP contribution in [0.15, 0.2) is 78.9 Å². The zero-order chi connectivity index (χ0) is 18.4. The molecule has 3 nitrogen and oxygen atoms in total. The summed E-state index contributed by atoms with van der Waals surface area (Å²) in [6.45, 7) is 0. The van der Waals surface area contributed by atoms with Crippen LogP contribution in [0, 0.1) is 0 Å². The Morgan fingerprint density at radius 2 is 1.30 bits per heavy atom. The lowest BCUT2D eigenvalue weighted by Gasteiger charge is -2.12. The number of hydrogen-bond donors (Lipinski definition) is 0. The van der Waals surface area contributed by atoms with Gasteiger partial charge in [-0.15, -0.1) is 0 Å². The fourth-order valence-electron chi connectivity index (χ4n) is 3.94. The molecule has 4 aromatic carbocycles. The zero-order valence-corrected chi connectivity index (χ0v) is 15.3. The standard InChI is InChI=1S/C24H19NO2/c1-26-18-13-17(14-19(15-18)27-2)25-22-10-6-5-9-21(22)24-20-8-4-3-7-16(20)11-12-23(24)25/h3-15H,1-2H3. The van der Waals surface area contributed by atoms with E-state index in [1.54, 1.807) is 14.2 Å². The van der Waals surface area contributed by atoms with Gasteiger partial charge in [0.1, 0.15) is 11.5 Å². The van der Waals surface area contributed by atoms with Crippen molar-refractivity contribution in [2.75, 3.05) is 14.2 Å². The first-order chi connectivity index (χ1) is 13.3. The Balaban J connectivity index is 1.97. The lowest BCUT2D eigenvalue weighted by atomic mass is 10.0. The summed E-state index contributed by atoms with van der Waals surface area (Å²) in [5.41, 5.74) is 3.36. The minimum absolute atomic E-state index is 0.774. The van der Waals surface area contributed by atoms with Gasteiger partial charge in [0.05, 0.1) is 30.9 Å². The van der Waals surface area contributed by atoms with E-state index in [4.69, 9.17) is 9.47 Å². The molecule has 0 radical (unpaired) electrons. The van der Waals surface area contributed by atoms with Crippen molar-refractivity contribution in [2.24, 2.45) is 0 Å². The molecule has 1 aromatic heterocycles. The van der Waals surface area contributed by atoms with E-state index in [2.05, 4.69) is 65.2 Å². The van der Waals surface area contributed by atoms with Crippen LogP contribution in [0.2, 0.25) is 0 Å². The molecule has 0 bridgehead atoms. The van der Waals surface area contributed by atoms with Gasteiger partial charge in [-0.1, -0.05) is 48.5 Å². The summed E-state index contributed by atoms with van der Waals surface area (Å²) >= 11 is 0. The number of ether oxygens (including phenoxy) is 2. The molecule has 0 saturated carbocycles. The summed E-state index contributed by atoms with van der Waals surface area (Å²) in [4.78, 5) is 0. The van der Waals surface area contributed by atoms with Crippen LogP contribution in [0.3, 0.4) is 0 Å². The molecular weight excluding hydrogens is 334 g/mol. The van der Waals surface area contributed by atoms with E-state index >= 15 is 0 Å². The Hall–Kier alpha value is -3.46. The fourth-order valence-corrected chi connectivity index (χ4v) is 3.94. The summed E-state index contributed by atoms with van der Waals surface area (Å²) in [6, 6.07) is 27.4. The summed E-state index contributed by atoms with van der Waals surface area (Å²) in [5.74, 6) is 1.55. The van der Waals surface area contributed by atoms with E-state index in [1.165, 1.54) is 32.6 Å². The van der Waals surface area contributed by atoms with Gasteiger partial charge < -0.3 is 14.0 Å². The number of hydrogen-bond acceptors (Lipinski definition) is 2. The van der Waals surface area contributed by atoms with Crippen LogP contribution in [-0.4, -0.2) is 18.8 Å². The number of methoxy groups -OCH3 is 2. The van der Waals surface area contributed by atoms with Crippen LogP contribution in [0.5, 0.6) is 11.5 Å². The lowest BCUT2D eigenvalue weighted by Crippen LogP contribution is -1.96. The highest BCUT2D eigenvalue weighted by molar-refractivity contribution is 6.21. The number of aromatic nitrogens is 1. The molecule has 5 aromatic rings. The summed E-state index contributed by atoms with van der Waals surface area (Å²) in [7, 11) is 3.36. The van der Waals surface area contributed by atoms with Gasteiger partial charge in [0.2, 0.25) is 0 Å². The van der Waals surface area contributed by atoms with Gasteiger partial charge in [-0.3, -0.25) is 0 Å². The van der Waals surface area contributed by atoms with Crippen molar-refractivity contribution in [2.45, 2.75) is 0 Å². The molecular formula is C24H19NO2. The molecule has 27 heavy (non-hydrogen) atoms. The van der Waals surface area contributed by atoms with Gasteiger partial charge >= 0.3 is 0 Å². The van der Waals surface area contributed by atoms with Gasteiger partial charge in [-0.2, -0.15) is 0 Å². The minimum atomic E-state index is 0.774. The van der Waals surface area contributed by atoms with E-state index in [-0.39, 0.29) is 0 Å². The molecule has 5 rings (SSSR count). The second-order valence-electron chi connectivity index (χ2n) is 6.60. The first kappa shape index (κ1) is 15.8. The average molecular weight is 353 g/mol. The minimum Gasteiger partial charge on any atom is -0.497 e. The maximum absolute atomic E-state index is 5.50. The molecule has 3 heteroatoms. The first-order valence-electron chi connectivity index (χ1n) is 8.94. The Morgan fingerprint density at radius 1 is 0.630 bits per heavy atom. The average Bonchev–Trinajstić information content (AvgIpc) is 3.08. The molecule has 0 saturated heterocycles. The molecule has 0 aliphatic rings. The van der Waals surface area contributed by atoms with Crippen LogP contribution in [-0.2, 0) is 0 Å². The zero-order valence-electron chi connectivity index (χ0n) is 15.3. The Kier molecular flexibility index (Phi) is 3.54. The third kappa shape index (κ3) is 2.36. The third-order valence-electron chi connectivity index (χ3n) is 5.16. The molecule has 0 atom stereocenters. The van der Waals surface area contributed by atoms with Crippen molar-refractivity contribution in [3.63, 3.8) is 0 Å². The molecule has 132 valence electrons. The summed E-state index contributed by atoms with van der Waals surface area (Å²) < 4.78 is 13.3. The molecule has 1 heterocycles. The first-order valence-corrected chi connectivity index (χ1v) is 8.94. The number of rotatable bonds is 3.